The zero-order valence-electron chi connectivity index (χ0n) is 16.3. The van der Waals surface area contributed by atoms with Gasteiger partial charge in [0.15, 0.2) is 11.9 Å². The Morgan fingerprint density at radius 2 is 2.10 bits per heavy atom. The van der Waals surface area contributed by atoms with Crippen molar-refractivity contribution in [1.29, 1.82) is 5.26 Å². The topological polar surface area (TPSA) is 75.5 Å². The number of nitriles is 1. The van der Waals surface area contributed by atoms with E-state index in [1.165, 1.54) is 24.1 Å². The van der Waals surface area contributed by atoms with Gasteiger partial charge in [-0.25, -0.2) is 0 Å². The van der Waals surface area contributed by atoms with Crippen LogP contribution in [0.4, 0.5) is 13.2 Å². The second-order valence-electron chi connectivity index (χ2n) is 6.86. The van der Waals surface area contributed by atoms with Gasteiger partial charge in [-0.1, -0.05) is 11.6 Å². The number of ether oxygens (including phenoxy) is 2. The summed E-state index contributed by atoms with van der Waals surface area (Å²) in [5.74, 6) is -1.19. The van der Waals surface area contributed by atoms with Crippen LogP contribution in [0.2, 0.25) is 5.02 Å². The number of alkyl halides is 3. The van der Waals surface area contributed by atoms with Gasteiger partial charge in [-0.2, -0.15) is 18.4 Å². The molecular weight excluding hydrogens is 503 g/mol. The van der Waals surface area contributed by atoms with Crippen LogP contribution in [-0.2, 0) is 0 Å². The van der Waals surface area contributed by atoms with Crippen molar-refractivity contribution in [1.82, 2.24) is 9.88 Å². The van der Waals surface area contributed by atoms with Crippen molar-refractivity contribution in [2.24, 2.45) is 0 Å². The lowest BCUT2D eigenvalue weighted by molar-refractivity contribution is -0.189. The summed E-state index contributed by atoms with van der Waals surface area (Å²) < 4.78 is 50.0. The maximum atomic E-state index is 13.2. The van der Waals surface area contributed by atoms with Crippen molar-refractivity contribution in [2.45, 2.75) is 25.1 Å². The highest BCUT2D eigenvalue weighted by molar-refractivity contribution is 9.10. The van der Waals surface area contributed by atoms with E-state index >= 15 is 0 Å². The van der Waals surface area contributed by atoms with E-state index in [0.717, 1.165) is 6.92 Å². The molecule has 3 rings (SSSR count). The third-order valence-electron chi connectivity index (χ3n) is 4.81. The van der Waals surface area contributed by atoms with Crippen LogP contribution in [0.5, 0.6) is 11.5 Å². The van der Waals surface area contributed by atoms with Gasteiger partial charge in [0.25, 0.3) is 5.91 Å². The average molecular weight is 519 g/mol. The minimum absolute atomic E-state index is 0.00700. The smallest absolute Gasteiger partial charge is 0.425 e. The van der Waals surface area contributed by atoms with Crippen LogP contribution in [0.25, 0.3) is 0 Å². The van der Waals surface area contributed by atoms with Gasteiger partial charge in [-0.3, -0.25) is 9.78 Å². The first-order valence-corrected chi connectivity index (χ1v) is 10.2. The van der Waals surface area contributed by atoms with E-state index in [4.69, 9.17) is 21.1 Å². The fourth-order valence-electron chi connectivity index (χ4n) is 3.12. The van der Waals surface area contributed by atoms with Crippen molar-refractivity contribution in [3.8, 4) is 17.6 Å². The first kappa shape index (κ1) is 23.2. The van der Waals surface area contributed by atoms with Crippen LogP contribution in [0.1, 0.15) is 34.5 Å². The van der Waals surface area contributed by atoms with E-state index in [1.807, 2.05) is 6.07 Å². The van der Waals surface area contributed by atoms with Crippen LogP contribution >= 0.6 is 27.5 Å². The fraction of sp³-hybridized carbons (Fsp3) is 0.350. The molecule has 1 amide bonds. The molecule has 0 radical (unpaired) electrons. The molecule has 1 aliphatic rings. The predicted molar refractivity (Wildman–Crippen MR) is 109 cm³/mol. The SMILES string of the molecule is COc1c(C#N)ccc(O[C@@H](C)C(F)(F)F)c1C(=O)N1CC(c2ncc(Br)cc2Cl)C1. The largest absolute Gasteiger partial charge is 0.494 e. The van der Waals surface area contributed by atoms with Gasteiger partial charge in [-0.15, -0.1) is 0 Å². The number of rotatable bonds is 5. The summed E-state index contributed by atoms with van der Waals surface area (Å²) in [5, 5.41) is 9.75. The number of carbonyl (C=O) groups excluding carboxylic acids is 1. The predicted octanol–water partition coefficient (Wildman–Crippen LogP) is 4.95. The first-order chi connectivity index (χ1) is 14.6. The van der Waals surface area contributed by atoms with E-state index < -0.39 is 18.2 Å². The van der Waals surface area contributed by atoms with Gasteiger partial charge < -0.3 is 14.4 Å². The summed E-state index contributed by atoms with van der Waals surface area (Å²) in [6.45, 7) is 1.34. The number of pyridine rings is 1. The lowest BCUT2D eigenvalue weighted by Gasteiger charge is -2.39. The van der Waals surface area contributed by atoms with Crippen molar-refractivity contribution < 1.29 is 27.4 Å². The van der Waals surface area contributed by atoms with Gasteiger partial charge in [0.05, 0.1) is 23.4 Å². The minimum atomic E-state index is -4.63. The molecule has 0 spiro atoms. The molecule has 0 bridgehead atoms. The van der Waals surface area contributed by atoms with Gasteiger partial charge in [0.2, 0.25) is 0 Å². The minimum Gasteiger partial charge on any atom is -0.494 e. The van der Waals surface area contributed by atoms with Crippen LogP contribution in [0.15, 0.2) is 28.9 Å². The van der Waals surface area contributed by atoms with Crippen molar-refractivity contribution in [2.75, 3.05) is 20.2 Å². The molecule has 1 saturated heterocycles. The number of carbonyl (C=O) groups is 1. The molecule has 1 aromatic carbocycles. The Bertz CT molecular complexity index is 1050. The number of likely N-dealkylation sites (tertiary alicyclic amines) is 1. The summed E-state index contributed by atoms with van der Waals surface area (Å²) in [6, 6.07) is 5.98. The highest BCUT2D eigenvalue weighted by Gasteiger charge is 2.41. The van der Waals surface area contributed by atoms with Crippen LogP contribution in [0.3, 0.4) is 0 Å². The van der Waals surface area contributed by atoms with E-state index in [2.05, 4.69) is 20.9 Å². The van der Waals surface area contributed by atoms with Gasteiger partial charge >= 0.3 is 6.18 Å². The molecule has 164 valence electrons. The molecule has 2 aromatic rings. The molecule has 0 saturated carbocycles. The molecule has 31 heavy (non-hydrogen) atoms. The third kappa shape index (κ3) is 4.72. The van der Waals surface area contributed by atoms with Crippen LogP contribution in [0, 0.1) is 11.3 Å². The number of halogens is 5. The molecule has 1 fully saturated rings. The van der Waals surface area contributed by atoms with Crippen LogP contribution < -0.4 is 9.47 Å². The average Bonchev–Trinajstić information content (AvgIpc) is 2.66. The normalized spacial score (nSPS) is 15.1. The van der Waals surface area contributed by atoms with Gasteiger partial charge in [0, 0.05) is 29.7 Å². The Kier molecular flexibility index (Phi) is 6.67. The molecule has 0 N–H and O–H groups in total. The standard InChI is InChI=1S/C20H16BrClF3N3O3/c1-10(20(23,24)25)31-15-4-3-11(6-26)18(30-2)16(15)19(29)28-8-12(9-28)17-14(22)5-13(21)7-27-17/h3-5,7,10,12H,8-9H2,1-2H3/t10-/m0/s1. The summed E-state index contributed by atoms with van der Waals surface area (Å²) in [5.41, 5.74) is 0.396. The number of nitrogens with zero attached hydrogens (tertiary/aromatic N) is 3. The molecule has 11 heteroatoms. The number of aromatic nitrogens is 1. The molecule has 6 nitrogen and oxygen atoms in total. The zero-order chi connectivity index (χ0) is 22.9. The highest BCUT2D eigenvalue weighted by Crippen LogP contribution is 2.39. The number of benzene rings is 1. The quantitative estimate of drug-likeness (QED) is 0.560. The first-order valence-electron chi connectivity index (χ1n) is 9.01. The molecule has 1 aromatic heterocycles. The summed E-state index contributed by atoms with van der Waals surface area (Å²) in [4.78, 5) is 18.8. The second kappa shape index (κ2) is 8.93. The fourth-order valence-corrected chi connectivity index (χ4v) is 3.91. The number of methoxy groups -OCH3 is 1. The molecule has 2 heterocycles. The summed E-state index contributed by atoms with van der Waals surface area (Å²) in [7, 11) is 1.23. The van der Waals surface area contributed by atoms with Gasteiger partial charge in [0.1, 0.15) is 17.4 Å². The molecule has 0 aliphatic carbocycles. The monoisotopic (exact) mass is 517 g/mol. The Labute approximate surface area is 189 Å². The van der Waals surface area contributed by atoms with Crippen molar-refractivity contribution in [3.05, 3.63) is 50.7 Å². The Morgan fingerprint density at radius 1 is 1.42 bits per heavy atom. The van der Waals surface area contributed by atoms with E-state index in [-0.39, 0.29) is 41.6 Å². The maximum absolute atomic E-state index is 13.2. The molecule has 1 aliphatic heterocycles. The van der Waals surface area contributed by atoms with Crippen molar-refractivity contribution in [3.63, 3.8) is 0 Å². The molecule has 1 atom stereocenters. The number of hydrogen-bond donors (Lipinski definition) is 0. The van der Waals surface area contributed by atoms with E-state index in [0.29, 0.717) is 15.2 Å². The highest BCUT2D eigenvalue weighted by atomic mass is 79.9. The lowest BCUT2D eigenvalue weighted by Crippen LogP contribution is -2.49. The summed E-state index contributed by atoms with van der Waals surface area (Å²) >= 11 is 9.49. The lowest BCUT2D eigenvalue weighted by atomic mass is 9.94. The Morgan fingerprint density at radius 3 is 2.65 bits per heavy atom. The zero-order valence-corrected chi connectivity index (χ0v) is 18.7. The third-order valence-corrected chi connectivity index (χ3v) is 5.55. The number of hydrogen-bond acceptors (Lipinski definition) is 5. The molecular formula is C20H16BrClF3N3O3. The maximum Gasteiger partial charge on any atom is 0.425 e. The van der Waals surface area contributed by atoms with Gasteiger partial charge in [-0.05, 0) is 41.1 Å². The Hall–Kier alpha value is -2.51. The summed E-state index contributed by atoms with van der Waals surface area (Å²) in [6.07, 6.45) is -5.20. The Balaban J connectivity index is 1.90. The van der Waals surface area contributed by atoms with E-state index in [1.54, 1.807) is 12.3 Å². The number of amides is 1. The van der Waals surface area contributed by atoms with Crippen molar-refractivity contribution >= 4 is 33.4 Å². The second-order valence-corrected chi connectivity index (χ2v) is 8.18. The van der Waals surface area contributed by atoms with E-state index in [9.17, 15) is 23.2 Å². The molecule has 0 unspecified atom stereocenters. The van der Waals surface area contributed by atoms with Crippen LogP contribution in [-0.4, -0.2) is 48.3 Å².